The Balaban J connectivity index is 1.81. The Morgan fingerprint density at radius 2 is 2.39 bits per heavy atom. The number of hydrogen-bond acceptors (Lipinski definition) is 4. The summed E-state index contributed by atoms with van der Waals surface area (Å²) in [6.07, 6.45) is -5.26. The second-order valence-electron chi connectivity index (χ2n) is 5.20. The molecule has 1 aromatic rings. The van der Waals surface area contributed by atoms with Crippen LogP contribution in [0.2, 0.25) is 0 Å². The Morgan fingerprint density at radius 3 is 3.22 bits per heavy atom. The van der Waals surface area contributed by atoms with Crippen molar-refractivity contribution in [1.29, 1.82) is 5.26 Å². The molecule has 3 heterocycles. The van der Waals surface area contributed by atoms with Gasteiger partial charge in [0.05, 0.1) is 39.4 Å². The molecule has 3 aliphatic rings. The van der Waals surface area contributed by atoms with E-state index in [2.05, 4.69) is 20.1 Å². The minimum absolute atomic E-state index is 0.0348. The van der Waals surface area contributed by atoms with Crippen molar-refractivity contribution in [2.24, 2.45) is 5.92 Å². The molecule has 0 unspecified atom stereocenters. The first kappa shape index (κ1) is 7.26. The molecule has 1 N–H and O–H groups in total. The van der Waals surface area contributed by atoms with E-state index in [9.17, 15) is 5.26 Å². The number of nitriles is 1. The van der Waals surface area contributed by atoms with E-state index < -0.39 is 31.1 Å². The lowest BCUT2D eigenvalue weighted by atomic mass is 9.96. The average Bonchev–Trinajstić information content (AvgIpc) is 3.31. The number of fused-ring (bicyclic) bond motifs is 1. The van der Waals surface area contributed by atoms with Gasteiger partial charge in [0.25, 0.3) is 0 Å². The van der Waals surface area contributed by atoms with Gasteiger partial charge < -0.3 is 4.98 Å². The van der Waals surface area contributed by atoms with Crippen LogP contribution >= 0.6 is 0 Å². The van der Waals surface area contributed by atoms with Crippen LogP contribution in [-0.2, 0) is 0 Å². The SMILES string of the molecule is [2H]c1nc2nc([2H])c([2H])c-2c(-c2cnn([C@@H](C3CC([2H])([2H])C([2H])([2H])C3)C([2H])([2H])C#N)c2)[nH]1. The molecule has 0 bridgehead atoms. The summed E-state index contributed by atoms with van der Waals surface area (Å²) in [5.41, 5.74) is 0.754. The summed E-state index contributed by atoms with van der Waals surface area (Å²) in [5.74, 6) is -0.810. The molecular formula is C17H18N6. The minimum atomic E-state index is -2.47. The molecular weight excluding hydrogens is 288 g/mol. The maximum absolute atomic E-state index is 9.44. The zero-order chi connectivity index (χ0) is 23.6. The lowest BCUT2D eigenvalue weighted by Gasteiger charge is -2.21. The molecule has 1 fully saturated rings. The standard InChI is InChI=1S/C17H18N6/c18-7-5-15(12-3-1-2-4-12)23-10-13(9-22-23)16-14-6-8-19-17(14)21-11-20-16/h6,8-12,15H,1-5H2,(H,19,20,21)/t15-/m1/s1/i1D2,2D2,5D2,6D,8D,11D. The van der Waals surface area contributed by atoms with E-state index in [0.29, 0.717) is 5.56 Å². The highest BCUT2D eigenvalue weighted by molar-refractivity contribution is 5.77. The quantitative estimate of drug-likeness (QED) is 0.799. The molecule has 4 rings (SSSR count). The van der Waals surface area contributed by atoms with E-state index in [4.69, 9.17) is 12.3 Å². The van der Waals surface area contributed by atoms with Crippen molar-refractivity contribution in [3.8, 4) is 28.7 Å². The van der Waals surface area contributed by atoms with E-state index in [1.807, 2.05) is 0 Å². The predicted octanol–water partition coefficient (Wildman–Crippen LogP) is 3.42. The smallest absolute Gasteiger partial charge is 0.162 e. The van der Waals surface area contributed by atoms with Crippen molar-refractivity contribution in [3.63, 3.8) is 0 Å². The lowest BCUT2D eigenvalue weighted by Crippen LogP contribution is -2.17. The van der Waals surface area contributed by atoms with E-state index in [1.54, 1.807) is 6.07 Å². The molecule has 1 aromatic heterocycles. The monoisotopic (exact) mass is 315 g/mol. The molecule has 0 radical (unpaired) electrons. The highest BCUT2D eigenvalue weighted by Gasteiger charge is 2.27. The Bertz CT molecular complexity index is 1180. The fourth-order valence-corrected chi connectivity index (χ4v) is 2.71. The number of hydrogen-bond donors (Lipinski definition) is 1. The van der Waals surface area contributed by atoms with Crippen LogP contribution < -0.4 is 0 Å². The minimum Gasteiger partial charge on any atom is -0.345 e. The molecule has 23 heavy (non-hydrogen) atoms. The molecule has 1 saturated carbocycles. The van der Waals surface area contributed by atoms with Crippen LogP contribution in [0.15, 0.2) is 30.9 Å². The van der Waals surface area contributed by atoms with Gasteiger partial charge in [-0.05, 0) is 24.8 Å². The Labute approximate surface area is 147 Å². The zero-order valence-electron chi connectivity index (χ0n) is 21.0. The number of aromatic nitrogens is 5. The Kier molecular flexibility index (Phi) is 1.84. The van der Waals surface area contributed by atoms with Gasteiger partial charge in [-0.15, -0.1) is 0 Å². The van der Waals surface area contributed by atoms with Gasteiger partial charge in [-0.3, -0.25) is 4.68 Å². The second kappa shape index (κ2) is 5.84. The van der Waals surface area contributed by atoms with E-state index in [-0.39, 0.29) is 48.4 Å². The van der Waals surface area contributed by atoms with Crippen LogP contribution in [0, 0.1) is 17.2 Å². The molecule has 0 saturated heterocycles. The van der Waals surface area contributed by atoms with Crippen molar-refractivity contribution in [2.45, 2.75) is 38.0 Å². The van der Waals surface area contributed by atoms with Crippen LogP contribution in [0.3, 0.4) is 0 Å². The van der Waals surface area contributed by atoms with Gasteiger partial charge in [0.15, 0.2) is 5.82 Å². The number of rotatable bonds is 4. The molecule has 2 aliphatic heterocycles. The van der Waals surface area contributed by atoms with Crippen molar-refractivity contribution in [3.05, 3.63) is 30.9 Å². The van der Waals surface area contributed by atoms with Crippen LogP contribution in [-0.4, -0.2) is 24.7 Å². The van der Waals surface area contributed by atoms with Crippen LogP contribution in [0.4, 0.5) is 0 Å². The molecule has 1 aliphatic carbocycles. The maximum Gasteiger partial charge on any atom is 0.162 e. The summed E-state index contributed by atoms with van der Waals surface area (Å²) in [6.45, 7) is 0. The normalized spacial score (nSPS) is 27.3. The first-order chi connectivity index (χ1) is 14.8. The van der Waals surface area contributed by atoms with E-state index >= 15 is 0 Å². The second-order valence-corrected chi connectivity index (χ2v) is 5.20. The first-order valence-electron chi connectivity index (χ1n) is 11.6. The molecule has 6 heteroatoms. The number of aromatic amines is 1. The zero-order valence-corrected chi connectivity index (χ0v) is 12.0. The predicted molar refractivity (Wildman–Crippen MR) is 85.5 cm³/mol. The number of H-pyrrole nitrogens is 1. The van der Waals surface area contributed by atoms with Crippen LogP contribution in [0.25, 0.3) is 22.6 Å². The van der Waals surface area contributed by atoms with Gasteiger partial charge in [0, 0.05) is 31.7 Å². The third-order valence-corrected chi connectivity index (χ3v) is 3.85. The summed E-state index contributed by atoms with van der Waals surface area (Å²) < 4.78 is 73.2. The Morgan fingerprint density at radius 1 is 1.52 bits per heavy atom. The molecule has 6 nitrogen and oxygen atoms in total. The van der Waals surface area contributed by atoms with Crippen LogP contribution in [0.5, 0.6) is 0 Å². The highest BCUT2D eigenvalue weighted by atomic mass is 15.3. The van der Waals surface area contributed by atoms with Crippen molar-refractivity contribution >= 4 is 0 Å². The fourth-order valence-electron chi connectivity index (χ4n) is 2.71. The summed E-state index contributed by atoms with van der Waals surface area (Å²) in [5, 5.41) is 13.6. The van der Waals surface area contributed by atoms with Gasteiger partial charge in [-0.25, -0.2) is 9.97 Å². The molecule has 0 spiro atoms. The lowest BCUT2D eigenvalue weighted by molar-refractivity contribution is 0.315. The van der Waals surface area contributed by atoms with Gasteiger partial charge in [0.2, 0.25) is 0 Å². The van der Waals surface area contributed by atoms with Gasteiger partial charge in [0.1, 0.15) is 1.37 Å². The molecule has 0 amide bonds. The number of nitrogens with zero attached hydrogens (tertiary/aromatic N) is 5. The van der Waals surface area contributed by atoms with Gasteiger partial charge in [-0.1, -0.05) is 12.7 Å². The average molecular weight is 315 g/mol. The third kappa shape index (κ3) is 2.48. The summed E-state index contributed by atoms with van der Waals surface area (Å²) in [6, 6.07) is 0.109. The molecule has 1 atom stereocenters. The first-order valence-corrected chi connectivity index (χ1v) is 7.07. The van der Waals surface area contributed by atoms with Gasteiger partial charge >= 0.3 is 0 Å². The topological polar surface area (TPSA) is 83.2 Å². The van der Waals surface area contributed by atoms with E-state index in [1.165, 1.54) is 17.1 Å². The summed E-state index contributed by atoms with van der Waals surface area (Å²) in [7, 11) is 0. The van der Waals surface area contributed by atoms with Crippen LogP contribution in [0.1, 0.15) is 50.3 Å². The van der Waals surface area contributed by atoms with Gasteiger partial charge in [-0.2, -0.15) is 10.4 Å². The Hall–Kier alpha value is -2.68. The van der Waals surface area contributed by atoms with Crippen molar-refractivity contribution < 1.29 is 12.3 Å². The summed E-state index contributed by atoms with van der Waals surface area (Å²) >= 11 is 0. The highest BCUT2D eigenvalue weighted by Crippen LogP contribution is 2.37. The summed E-state index contributed by atoms with van der Waals surface area (Å²) in [4.78, 5) is 10.4. The molecule has 116 valence electrons. The fraction of sp³-hybridized carbons (Fsp3) is 0.412. The third-order valence-electron chi connectivity index (χ3n) is 3.85. The van der Waals surface area contributed by atoms with Crippen molar-refractivity contribution in [1.82, 2.24) is 24.7 Å². The van der Waals surface area contributed by atoms with E-state index in [0.717, 1.165) is 0 Å². The van der Waals surface area contributed by atoms with Crippen molar-refractivity contribution in [2.75, 3.05) is 0 Å². The number of nitrogens with one attached hydrogen (secondary N) is 1. The molecule has 0 aromatic carbocycles. The maximum atomic E-state index is 9.44. The largest absolute Gasteiger partial charge is 0.345 e.